The molecule has 21 heavy (non-hydrogen) atoms. The predicted molar refractivity (Wildman–Crippen MR) is 80.3 cm³/mol. The third-order valence-electron chi connectivity index (χ3n) is 2.95. The van der Waals surface area contributed by atoms with Crippen molar-refractivity contribution in [2.24, 2.45) is 0 Å². The highest BCUT2D eigenvalue weighted by atomic mass is 16.7. The number of rotatable bonds is 6. The summed E-state index contributed by atoms with van der Waals surface area (Å²) >= 11 is 0. The predicted octanol–water partition coefficient (Wildman–Crippen LogP) is 2.13. The largest absolute Gasteiger partial charge is 0.463 e. The van der Waals surface area contributed by atoms with Gasteiger partial charge in [-0.25, -0.2) is 9.86 Å². The SMILES string of the molecule is CCOC(=O)/C=C/c1cc(C)ccc1CC(=O)N(C)OC. The van der Waals surface area contributed by atoms with Crippen molar-refractivity contribution in [3.05, 3.63) is 41.0 Å². The molecule has 0 aliphatic rings. The minimum atomic E-state index is -0.398. The first-order valence-corrected chi connectivity index (χ1v) is 6.73. The second-order valence-corrected chi connectivity index (χ2v) is 4.54. The van der Waals surface area contributed by atoms with Crippen LogP contribution < -0.4 is 0 Å². The first kappa shape index (κ1) is 16.9. The van der Waals surface area contributed by atoms with Gasteiger partial charge in [-0.05, 0) is 31.1 Å². The van der Waals surface area contributed by atoms with Crippen LogP contribution in [0.5, 0.6) is 0 Å². The van der Waals surface area contributed by atoms with Gasteiger partial charge in [0.05, 0.1) is 20.1 Å². The molecule has 0 aliphatic carbocycles. The van der Waals surface area contributed by atoms with E-state index < -0.39 is 5.97 Å². The average Bonchev–Trinajstić information content (AvgIpc) is 2.46. The van der Waals surface area contributed by atoms with Crippen LogP contribution in [0.3, 0.4) is 0 Å². The molecule has 0 unspecified atom stereocenters. The molecule has 0 bridgehead atoms. The molecule has 0 radical (unpaired) electrons. The summed E-state index contributed by atoms with van der Waals surface area (Å²) in [5.74, 6) is -0.558. The lowest BCUT2D eigenvalue weighted by molar-refractivity contribution is -0.167. The van der Waals surface area contributed by atoms with Crippen molar-refractivity contribution < 1.29 is 19.2 Å². The van der Waals surface area contributed by atoms with E-state index in [1.165, 1.54) is 18.2 Å². The summed E-state index contributed by atoms with van der Waals surface area (Å²) in [6.07, 6.45) is 3.24. The Morgan fingerprint density at radius 2 is 2.05 bits per heavy atom. The quantitative estimate of drug-likeness (QED) is 0.458. The fourth-order valence-electron chi connectivity index (χ4n) is 1.75. The van der Waals surface area contributed by atoms with Gasteiger partial charge in [-0.1, -0.05) is 23.8 Å². The van der Waals surface area contributed by atoms with Gasteiger partial charge < -0.3 is 4.74 Å². The van der Waals surface area contributed by atoms with Gasteiger partial charge in [-0.2, -0.15) is 0 Å². The van der Waals surface area contributed by atoms with Gasteiger partial charge in [0, 0.05) is 13.1 Å². The Morgan fingerprint density at radius 1 is 1.33 bits per heavy atom. The highest BCUT2D eigenvalue weighted by Gasteiger charge is 2.11. The van der Waals surface area contributed by atoms with Gasteiger partial charge in [-0.15, -0.1) is 0 Å². The van der Waals surface area contributed by atoms with E-state index in [9.17, 15) is 9.59 Å². The fourth-order valence-corrected chi connectivity index (χ4v) is 1.75. The lowest BCUT2D eigenvalue weighted by Crippen LogP contribution is -2.27. The topological polar surface area (TPSA) is 55.8 Å². The number of carbonyl (C=O) groups excluding carboxylic acids is 2. The monoisotopic (exact) mass is 291 g/mol. The fraction of sp³-hybridized carbons (Fsp3) is 0.375. The molecule has 5 nitrogen and oxygen atoms in total. The number of nitrogens with zero attached hydrogens (tertiary/aromatic N) is 1. The van der Waals surface area contributed by atoms with Crippen molar-refractivity contribution in [2.45, 2.75) is 20.3 Å². The maximum Gasteiger partial charge on any atom is 0.330 e. The zero-order valence-electron chi connectivity index (χ0n) is 12.9. The molecule has 1 rings (SSSR count). The zero-order valence-corrected chi connectivity index (χ0v) is 12.9. The van der Waals surface area contributed by atoms with Crippen LogP contribution in [0.15, 0.2) is 24.3 Å². The summed E-state index contributed by atoms with van der Waals surface area (Å²) in [7, 11) is 3.00. The van der Waals surface area contributed by atoms with Gasteiger partial charge in [-0.3, -0.25) is 9.63 Å². The van der Waals surface area contributed by atoms with Crippen molar-refractivity contribution in [2.75, 3.05) is 20.8 Å². The molecule has 1 aromatic carbocycles. The lowest BCUT2D eigenvalue weighted by atomic mass is 10.0. The Bertz CT molecular complexity index is 537. The lowest BCUT2D eigenvalue weighted by Gasteiger charge is -2.14. The molecule has 1 aromatic rings. The van der Waals surface area contributed by atoms with E-state index >= 15 is 0 Å². The molecule has 5 heteroatoms. The molecule has 0 aliphatic heterocycles. The first-order valence-electron chi connectivity index (χ1n) is 6.73. The highest BCUT2D eigenvalue weighted by molar-refractivity contribution is 5.88. The minimum absolute atomic E-state index is 0.160. The number of ether oxygens (including phenoxy) is 1. The molecular weight excluding hydrogens is 270 g/mol. The molecule has 0 atom stereocenters. The number of amides is 1. The summed E-state index contributed by atoms with van der Waals surface area (Å²) in [4.78, 5) is 28.2. The van der Waals surface area contributed by atoms with Crippen LogP contribution in [-0.4, -0.2) is 37.7 Å². The van der Waals surface area contributed by atoms with Crippen LogP contribution in [0.4, 0.5) is 0 Å². The number of esters is 1. The highest BCUT2D eigenvalue weighted by Crippen LogP contribution is 2.15. The van der Waals surface area contributed by atoms with E-state index in [0.29, 0.717) is 6.61 Å². The molecule has 0 heterocycles. The van der Waals surface area contributed by atoms with Crippen molar-refractivity contribution >= 4 is 18.0 Å². The normalized spacial score (nSPS) is 10.7. The molecule has 114 valence electrons. The first-order chi connectivity index (χ1) is 9.97. The number of hydrogen-bond acceptors (Lipinski definition) is 4. The second kappa shape index (κ2) is 8.21. The second-order valence-electron chi connectivity index (χ2n) is 4.54. The van der Waals surface area contributed by atoms with Crippen molar-refractivity contribution in [1.29, 1.82) is 0 Å². The Balaban J connectivity index is 2.94. The molecule has 0 fully saturated rings. The smallest absolute Gasteiger partial charge is 0.330 e. The van der Waals surface area contributed by atoms with Crippen molar-refractivity contribution in [1.82, 2.24) is 5.06 Å². The van der Waals surface area contributed by atoms with E-state index in [-0.39, 0.29) is 12.3 Å². The number of hydroxylamine groups is 2. The Kier molecular flexibility index (Phi) is 6.62. The summed E-state index contributed by atoms with van der Waals surface area (Å²) < 4.78 is 4.85. The summed E-state index contributed by atoms with van der Waals surface area (Å²) in [6, 6.07) is 5.73. The van der Waals surface area contributed by atoms with Crippen LogP contribution in [0.2, 0.25) is 0 Å². The van der Waals surface area contributed by atoms with Crippen LogP contribution in [0.25, 0.3) is 6.08 Å². The maximum atomic E-state index is 11.9. The molecule has 0 spiro atoms. The molecule has 0 saturated heterocycles. The number of likely N-dealkylation sites (N-methyl/N-ethyl adjacent to an activating group) is 1. The third-order valence-corrected chi connectivity index (χ3v) is 2.95. The van der Waals surface area contributed by atoms with Crippen LogP contribution in [-0.2, 0) is 25.6 Å². The number of benzene rings is 1. The summed E-state index contributed by atoms with van der Waals surface area (Å²) in [5, 5.41) is 1.18. The third kappa shape index (κ3) is 5.39. The molecule has 0 saturated carbocycles. The minimum Gasteiger partial charge on any atom is -0.463 e. The van der Waals surface area contributed by atoms with E-state index in [1.807, 2.05) is 25.1 Å². The Morgan fingerprint density at radius 3 is 2.67 bits per heavy atom. The van der Waals surface area contributed by atoms with Gasteiger partial charge in [0.15, 0.2) is 0 Å². The van der Waals surface area contributed by atoms with Gasteiger partial charge in [0.25, 0.3) is 0 Å². The number of hydrogen-bond donors (Lipinski definition) is 0. The summed E-state index contributed by atoms with van der Waals surface area (Å²) in [5.41, 5.74) is 2.70. The van der Waals surface area contributed by atoms with Crippen molar-refractivity contribution in [3.8, 4) is 0 Å². The van der Waals surface area contributed by atoms with Crippen LogP contribution in [0, 0.1) is 6.92 Å². The van der Waals surface area contributed by atoms with Crippen LogP contribution in [0.1, 0.15) is 23.6 Å². The Labute approximate surface area is 125 Å². The Hall–Kier alpha value is -2.14. The number of aryl methyl sites for hydroxylation is 1. The molecule has 0 aromatic heterocycles. The standard InChI is InChI=1S/C16H21NO4/c1-5-21-16(19)9-8-13-10-12(2)6-7-14(13)11-15(18)17(3)20-4/h6-10H,5,11H2,1-4H3/b9-8+. The van der Waals surface area contributed by atoms with Gasteiger partial charge >= 0.3 is 5.97 Å². The molecule has 0 N–H and O–H groups in total. The van der Waals surface area contributed by atoms with Gasteiger partial charge in [0.2, 0.25) is 5.91 Å². The molecular formula is C16H21NO4. The van der Waals surface area contributed by atoms with Gasteiger partial charge in [0.1, 0.15) is 0 Å². The maximum absolute atomic E-state index is 11.9. The number of carbonyl (C=O) groups is 2. The van der Waals surface area contributed by atoms with E-state index in [0.717, 1.165) is 16.7 Å². The van der Waals surface area contributed by atoms with Crippen molar-refractivity contribution in [3.63, 3.8) is 0 Å². The van der Waals surface area contributed by atoms with Crippen LogP contribution >= 0.6 is 0 Å². The van der Waals surface area contributed by atoms with E-state index in [1.54, 1.807) is 20.0 Å². The van der Waals surface area contributed by atoms with E-state index in [2.05, 4.69) is 0 Å². The zero-order chi connectivity index (χ0) is 15.8. The molecule has 1 amide bonds. The average molecular weight is 291 g/mol. The van der Waals surface area contributed by atoms with E-state index in [4.69, 9.17) is 9.57 Å². The summed E-state index contributed by atoms with van der Waals surface area (Å²) in [6.45, 7) is 4.04.